The second-order valence-electron chi connectivity index (χ2n) is 26.8. The molecule has 0 heterocycles. The highest BCUT2D eigenvalue weighted by atomic mass is 31.2. The lowest BCUT2D eigenvalue weighted by atomic mass is 10.0. The predicted molar refractivity (Wildman–Crippen MR) is 426 cm³/mol. The molecule has 0 rings (SSSR count). The Morgan fingerprint density at radius 3 is 0.816 bits per heavy atom. The first kappa shape index (κ1) is 98.7. The summed E-state index contributed by atoms with van der Waals surface area (Å²) in [4.78, 5) is 58.7. The van der Waals surface area contributed by atoms with E-state index in [0.29, 0.717) is 19.3 Å². The van der Waals surface area contributed by atoms with Crippen molar-refractivity contribution in [1.82, 2.24) is 0 Å². The Balaban J connectivity index is 4.55. The molecule has 0 aliphatic heterocycles. The minimum Gasteiger partial charge on any atom is -0.463 e. The van der Waals surface area contributed by atoms with Gasteiger partial charge in [0.15, 0.2) is 6.10 Å². The van der Waals surface area contributed by atoms with Gasteiger partial charge in [0.25, 0.3) is 0 Å². The number of ether oxygens (including phenoxy) is 3. The van der Waals surface area contributed by atoms with Crippen LogP contribution < -0.4 is 0 Å². The maximum absolute atomic E-state index is 13.0. The van der Waals surface area contributed by atoms with Crippen molar-refractivity contribution in [3.63, 3.8) is 0 Å². The molecule has 0 aromatic rings. The van der Waals surface area contributed by atoms with E-state index < -0.39 is 91.5 Å². The van der Waals surface area contributed by atoms with Gasteiger partial charge in [-0.25, -0.2) is 9.13 Å². The van der Waals surface area contributed by atoms with Crippen LogP contribution in [0.1, 0.15) is 329 Å². The molecule has 16 nitrogen and oxygen atoms in total. The summed E-state index contributed by atoms with van der Waals surface area (Å²) in [5.74, 6) is -1.60. The predicted octanol–water partition coefficient (Wildman–Crippen LogP) is 23.9. The van der Waals surface area contributed by atoms with E-state index in [2.05, 4.69) is 154 Å². The highest BCUT2D eigenvalue weighted by Gasteiger charge is 2.29. The SMILES string of the molecule is CC/C=C\C/C=C\C/C=C\C/C=C\C/C=C\CCCCCCCCCCCCCCCC(=O)OCC(O)COP(=O)(O)OCC(O)COP(=O)(O)OCC(COC(=O)CCCCCCCCC/C=C\C/C=C\C/C=C\C/C=C\CCCCC)OC(=O)CCCCCCC/C=C\C/C=C\CCCCC. The Morgan fingerprint density at radius 1 is 0.282 bits per heavy atom. The zero-order valence-electron chi connectivity index (χ0n) is 64.7. The standard InChI is InChI=1S/C85H146O16P2/c1-4-7-10-13-16-19-22-25-28-30-32-34-36-37-38-39-40-41-43-45-46-48-51-53-56-59-62-65-68-71-83(88)95-74-80(86)75-97-102(91,92)98-76-81(87)77-99-103(93,94)100-79-82(101-85(90)73-70-67-64-61-58-55-50-27-24-21-18-15-12-9-6-3)78-96-84(89)72-69-66-63-60-57-54-52-49-47-44-42-35-33-31-29-26-23-20-17-14-11-8-5-2/h7,10,16-21,25-29,32-35,37-38,44,47,50,80-82,86-87H,4-6,8-9,11-15,22-24,30-31,36,39-43,45-46,48-49,51-79H2,1-3H3,(H,91,92)(H,93,94)/b10-7-,19-16-,20-17-,21-18-,28-25-,29-26-,34-32-,35-33-,38-37-,47-44-,50-27-. The van der Waals surface area contributed by atoms with E-state index in [1.807, 2.05) is 0 Å². The molecule has 5 atom stereocenters. The first-order valence-electron chi connectivity index (χ1n) is 40.5. The molecular formula is C85H146O16P2. The summed E-state index contributed by atoms with van der Waals surface area (Å²) < 4.78 is 61.2. The fourth-order valence-electron chi connectivity index (χ4n) is 10.7. The van der Waals surface area contributed by atoms with Gasteiger partial charge in [-0.3, -0.25) is 32.5 Å². The molecule has 0 aromatic carbocycles. The topological polar surface area (TPSA) is 231 Å². The molecular weight excluding hydrogens is 1340 g/mol. The number of hydrogen-bond acceptors (Lipinski definition) is 14. The van der Waals surface area contributed by atoms with Crippen LogP contribution in [0.3, 0.4) is 0 Å². The minimum atomic E-state index is -4.94. The van der Waals surface area contributed by atoms with Crippen LogP contribution in [0.25, 0.3) is 0 Å². The van der Waals surface area contributed by atoms with Crippen molar-refractivity contribution in [3.05, 3.63) is 134 Å². The van der Waals surface area contributed by atoms with Crippen LogP contribution >= 0.6 is 15.6 Å². The fraction of sp³-hybridized carbons (Fsp3) is 0.706. The van der Waals surface area contributed by atoms with E-state index in [1.54, 1.807) is 0 Å². The molecule has 5 unspecified atom stereocenters. The van der Waals surface area contributed by atoms with Crippen molar-refractivity contribution in [3.8, 4) is 0 Å². The normalized spacial score (nSPS) is 14.7. The first-order chi connectivity index (χ1) is 50.2. The third kappa shape index (κ3) is 78.6. The number of unbranched alkanes of at least 4 members (excludes halogenated alkanes) is 31. The van der Waals surface area contributed by atoms with Gasteiger partial charge >= 0.3 is 33.6 Å². The van der Waals surface area contributed by atoms with Crippen molar-refractivity contribution in [1.29, 1.82) is 0 Å². The maximum Gasteiger partial charge on any atom is 0.472 e. The van der Waals surface area contributed by atoms with Gasteiger partial charge in [0, 0.05) is 19.3 Å². The molecule has 0 spiro atoms. The Labute approximate surface area is 626 Å². The summed E-state index contributed by atoms with van der Waals surface area (Å²) in [5, 5.41) is 20.6. The number of carbonyl (C=O) groups is 3. The molecule has 4 N–H and O–H groups in total. The van der Waals surface area contributed by atoms with Crippen molar-refractivity contribution in [2.24, 2.45) is 0 Å². The molecule has 592 valence electrons. The average molecular weight is 1490 g/mol. The monoisotopic (exact) mass is 1490 g/mol. The van der Waals surface area contributed by atoms with Crippen molar-refractivity contribution >= 4 is 33.6 Å². The number of esters is 3. The zero-order valence-corrected chi connectivity index (χ0v) is 66.5. The molecule has 0 amide bonds. The number of allylic oxidation sites excluding steroid dienone is 22. The number of aliphatic hydroxyl groups is 2. The number of phosphoric ester groups is 2. The Bertz CT molecular complexity index is 2410. The fourth-order valence-corrected chi connectivity index (χ4v) is 12.3. The molecule has 0 fully saturated rings. The zero-order chi connectivity index (χ0) is 75.2. The van der Waals surface area contributed by atoms with Gasteiger partial charge in [0.1, 0.15) is 25.4 Å². The molecule has 0 aliphatic carbocycles. The van der Waals surface area contributed by atoms with Crippen LogP contribution in [-0.4, -0.2) is 95.9 Å². The van der Waals surface area contributed by atoms with E-state index in [1.165, 1.54) is 103 Å². The molecule has 0 aromatic heterocycles. The minimum absolute atomic E-state index is 0.0839. The van der Waals surface area contributed by atoms with Crippen molar-refractivity contribution in [2.45, 2.75) is 347 Å². The Kier molecular flexibility index (Phi) is 74.1. The summed E-state index contributed by atoms with van der Waals surface area (Å²) in [6.45, 7) is 2.50. The molecule has 0 aliphatic rings. The largest absolute Gasteiger partial charge is 0.472 e. The summed E-state index contributed by atoms with van der Waals surface area (Å²) >= 11 is 0. The van der Waals surface area contributed by atoms with Crippen LogP contribution in [-0.2, 0) is 55.8 Å². The van der Waals surface area contributed by atoms with Gasteiger partial charge in [0.2, 0.25) is 0 Å². The van der Waals surface area contributed by atoms with Crippen LogP contribution in [0, 0.1) is 0 Å². The molecule has 0 radical (unpaired) electrons. The van der Waals surface area contributed by atoms with Crippen LogP contribution in [0.4, 0.5) is 0 Å². The highest BCUT2D eigenvalue weighted by molar-refractivity contribution is 7.47. The Morgan fingerprint density at radius 2 is 0.515 bits per heavy atom. The molecule has 18 heteroatoms. The quantitative estimate of drug-likeness (QED) is 0.0146. The lowest BCUT2D eigenvalue weighted by molar-refractivity contribution is -0.161. The molecule has 103 heavy (non-hydrogen) atoms. The van der Waals surface area contributed by atoms with Gasteiger partial charge in [-0.05, 0) is 141 Å². The van der Waals surface area contributed by atoms with Gasteiger partial charge in [-0.2, -0.15) is 0 Å². The number of phosphoric acid groups is 2. The van der Waals surface area contributed by atoms with Crippen LogP contribution in [0.5, 0.6) is 0 Å². The first-order valence-corrected chi connectivity index (χ1v) is 43.5. The number of hydrogen-bond donors (Lipinski definition) is 4. The number of carbonyl (C=O) groups excluding carboxylic acids is 3. The second kappa shape index (κ2) is 77.3. The van der Waals surface area contributed by atoms with Crippen LogP contribution in [0.2, 0.25) is 0 Å². The smallest absolute Gasteiger partial charge is 0.463 e. The lowest BCUT2D eigenvalue weighted by Crippen LogP contribution is -2.30. The van der Waals surface area contributed by atoms with Gasteiger partial charge in [-0.15, -0.1) is 0 Å². The third-order valence-corrected chi connectivity index (χ3v) is 18.7. The van der Waals surface area contributed by atoms with Crippen molar-refractivity contribution < 1.29 is 75.8 Å². The summed E-state index contributed by atoms with van der Waals surface area (Å²) in [6.07, 6.45) is 93.5. The summed E-state index contributed by atoms with van der Waals surface area (Å²) in [6, 6.07) is 0. The van der Waals surface area contributed by atoms with E-state index in [9.17, 15) is 43.5 Å². The van der Waals surface area contributed by atoms with Crippen LogP contribution in [0.15, 0.2) is 134 Å². The van der Waals surface area contributed by atoms with Gasteiger partial charge in [-0.1, -0.05) is 302 Å². The maximum atomic E-state index is 13.0. The van der Waals surface area contributed by atoms with E-state index in [-0.39, 0.29) is 19.3 Å². The van der Waals surface area contributed by atoms with Gasteiger partial charge < -0.3 is 34.2 Å². The molecule has 0 saturated heterocycles. The van der Waals surface area contributed by atoms with E-state index >= 15 is 0 Å². The molecule has 0 bridgehead atoms. The number of aliphatic hydroxyl groups excluding tert-OH is 2. The highest BCUT2D eigenvalue weighted by Crippen LogP contribution is 2.45. The third-order valence-electron chi connectivity index (χ3n) is 16.8. The summed E-state index contributed by atoms with van der Waals surface area (Å²) in [5.41, 5.74) is 0. The number of rotatable bonds is 76. The molecule has 0 saturated carbocycles. The average Bonchev–Trinajstić information content (AvgIpc) is 0.915. The van der Waals surface area contributed by atoms with Crippen molar-refractivity contribution in [2.75, 3.05) is 39.6 Å². The van der Waals surface area contributed by atoms with Gasteiger partial charge in [0.05, 0.1) is 26.4 Å². The van der Waals surface area contributed by atoms with E-state index in [4.69, 9.17) is 32.3 Å². The second-order valence-corrected chi connectivity index (χ2v) is 29.7. The Hall–Kier alpha value is -4.31. The lowest BCUT2D eigenvalue weighted by Gasteiger charge is -2.21. The van der Waals surface area contributed by atoms with E-state index in [0.717, 1.165) is 167 Å². The summed E-state index contributed by atoms with van der Waals surface area (Å²) in [7, 11) is -9.80.